The van der Waals surface area contributed by atoms with E-state index in [1.54, 1.807) is 12.4 Å². The van der Waals surface area contributed by atoms with Crippen LogP contribution in [0.15, 0.2) is 188 Å². The Labute approximate surface area is 329 Å². The summed E-state index contributed by atoms with van der Waals surface area (Å²) in [6.07, 6.45) is 3.61. The lowest BCUT2D eigenvalue weighted by Crippen LogP contribution is -1.82. The van der Waals surface area contributed by atoms with E-state index in [2.05, 4.69) is 131 Å². The number of benzene rings is 7. The highest BCUT2D eigenvalue weighted by Gasteiger charge is 2.16. The zero-order valence-corrected chi connectivity index (χ0v) is 30.7. The molecule has 0 aliphatic rings. The van der Waals surface area contributed by atoms with Gasteiger partial charge in [0.25, 0.3) is 0 Å². The Morgan fingerprint density at radius 1 is 0.241 bits per heavy atom. The minimum atomic E-state index is 0.791. The molecule has 0 bridgehead atoms. The van der Waals surface area contributed by atoms with Gasteiger partial charge in [0.2, 0.25) is 0 Å². The number of furan rings is 4. The molecule has 6 heterocycles. The van der Waals surface area contributed by atoms with Crippen molar-refractivity contribution in [2.75, 3.05) is 0 Å². The highest BCUT2D eigenvalue weighted by Crippen LogP contribution is 2.40. The Hall–Kier alpha value is -7.96. The number of nitrogens with zero attached hydrogens (tertiary/aromatic N) is 2. The van der Waals surface area contributed by atoms with Crippen molar-refractivity contribution >= 4 is 88.0 Å². The minimum Gasteiger partial charge on any atom is -0.456 e. The van der Waals surface area contributed by atoms with Crippen molar-refractivity contribution in [1.29, 1.82) is 0 Å². The molecule has 58 heavy (non-hydrogen) atoms. The summed E-state index contributed by atoms with van der Waals surface area (Å²) in [4.78, 5) is 9.17. The smallest absolute Gasteiger partial charge is 0.153 e. The quantitative estimate of drug-likeness (QED) is 0.179. The Balaban J connectivity index is 0.867. The van der Waals surface area contributed by atoms with E-state index in [1.165, 1.54) is 0 Å². The summed E-state index contributed by atoms with van der Waals surface area (Å²) in [7, 11) is 0. The van der Waals surface area contributed by atoms with Crippen molar-refractivity contribution in [3.05, 3.63) is 170 Å². The third-order valence-corrected chi connectivity index (χ3v) is 11.6. The van der Waals surface area contributed by atoms with Crippen LogP contribution in [0.5, 0.6) is 0 Å². The van der Waals surface area contributed by atoms with Gasteiger partial charge in [-0.2, -0.15) is 0 Å². The molecule has 0 unspecified atom stereocenters. The van der Waals surface area contributed by atoms with Crippen molar-refractivity contribution in [2.24, 2.45) is 0 Å². The Bertz CT molecular complexity index is 3580. The first-order chi connectivity index (χ1) is 28.7. The number of hydrogen-bond acceptors (Lipinski definition) is 6. The lowest BCUT2D eigenvalue weighted by Gasteiger charge is -2.07. The predicted molar refractivity (Wildman–Crippen MR) is 233 cm³/mol. The van der Waals surface area contributed by atoms with Crippen molar-refractivity contribution in [3.8, 4) is 44.5 Å². The second kappa shape index (κ2) is 11.8. The predicted octanol–water partition coefficient (Wildman–Crippen LogP) is 14.7. The van der Waals surface area contributed by atoms with Crippen LogP contribution in [-0.4, -0.2) is 9.97 Å². The normalized spacial score (nSPS) is 12.1. The maximum Gasteiger partial charge on any atom is 0.153 e. The van der Waals surface area contributed by atoms with E-state index in [1.807, 2.05) is 36.4 Å². The molecule has 0 aliphatic carbocycles. The molecule has 270 valence electrons. The Morgan fingerprint density at radius 2 is 0.534 bits per heavy atom. The van der Waals surface area contributed by atoms with E-state index in [0.717, 1.165) is 133 Å². The third kappa shape index (κ3) is 4.72. The maximum atomic E-state index is 6.34. The van der Waals surface area contributed by atoms with Gasteiger partial charge < -0.3 is 17.7 Å². The highest BCUT2D eigenvalue weighted by atomic mass is 16.3. The molecule has 0 saturated carbocycles. The monoisotopic (exact) mass is 744 g/mol. The standard InChI is InChI=1S/C52H28N2O4/c1-4-29(31-8-14-43-37(23-31)39-25-33(10-16-45(39)55-43)35-12-18-47-41(27-35)51-49(57-47)6-2-20-53-51)22-30(5-1)32-9-15-44-38(24-32)40-26-34(11-17-46(40)56-44)36-13-19-48-42(28-36)52-50(58-48)7-3-21-54-52/h1-28H. The van der Waals surface area contributed by atoms with Crippen LogP contribution in [0.1, 0.15) is 0 Å². The zero-order valence-electron chi connectivity index (χ0n) is 30.7. The van der Waals surface area contributed by atoms with Crippen LogP contribution in [-0.2, 0) is 0 Å². The summed E-state index contributed by atoms with van der Waals surface area (Å²) in [5.41, 5.74) is 17.3. The molecule has 6 aromatic heterocycles. The molecule has 6 nitrogen and oxygen atoms in total. The van der Waals surface area contributed by atoms with Gasteiger partial charge in [-0.15, -0.1) is 0 Å². The van der Waals surface area contributed by atoms with Crippen molar-refractivity contribution in [3.63, 3.8) is 0 Å². The molecular weight excluding hydrogens is 717 g/mol. The molecule has 0 atom stereocenters. The van der Waals surface area contributed by atoms with Crippen LogP contribution in [0, 0.1) is 0 Å². The van der Waals surface area contributed by atoms with Crippen molar-refractivity contribution in [1.82, 2.24) is 9.97 Å². The molecular formula is C52H28N2O4. The highest BCUT2D eigenvalue weighted by molar-refractivity contribution is 6.10. The van der Waals surface area contributed by atoms with Crippen LogP contribution in [0.2, 0.25) is 0 Å². The summed E-state index contributed by atoms with van der Waals surface area (Å²) in [5, 5.41) is 6.32. The third-order valence-electron chi connectivity index (χ3n) is 11.6. The van der Waals surface area contributed by atoms with E-state index < -0.39 is 0 Å². The van der Waals surface area contributed by atoms with Crippen LogP contribution < -0.4 is 0 Å². The van der Waals surface area contributed by atoms with Gasteiger partial charge >= 0.3 is 0 Å². The van der Waals surface area contributed by atoms with E-state index in [4.69, 9.17) is 17.7 Å². The van der Waals surface area contributed by atoms with Gasteiger partial charge in [0.15, 0.2) is 11.2 Å². The second-order valence-corrected chi connectivity index (χ2v) is 15.0. The van der Waals surface area contributed by atoms with Crippen molar-refractivity contribution in [2.45, 2.75) is 0 Å². The fourth-order valence-corrected chi connectivity index (χ4v) is 8.71. The molecule has 6 heteroatoms. The largest absolute Gasteiger partial charge is 0.456 e. The number of hydrogen-bond donors (Lipinski definition) is 0. The summed E-state index contributed by atoms with van der Waals surface area (Å²) in [6.45, 7) is 0. The van der Waals surface area contributed by atoms with Crippen LogP contribution in [0.25, 0.3) is 133 Å². The van der Waals surface area contributed by atoms with Gasteiger partial charge in [-0.1, -0.05) is 54.6 Å². The topological polar surface area (TPSA) is 78.3 Å². The number of pyridine rings is 2. The molecule has 0 spiro atoms. The van der Waals surface area contributed by atoms with Crippen LogP contribution in [0.3, 0.4) is 0 Å². The van der Waals surface area contributed by atoms with E-state index in [0.29, 0.717) is 0 Å². The van der Waals surface area contributed by atoms with E-state index >= 15 is 0 Å². The summed E-state index contributed by atoms with van der Waals surface area (Å²) in [6, 6.07) is 54.8. The van der Waals surface area contributed by atoms with Crippen LogP contribution in [0.4, 0.5) is 0 Å². The maximum absolute atomic E-state index is 6.34. The van der Waals surface area contributed by atoms with Crippen LogP contribution >= 0.6 is 0 Å². The molecule has 0 N–H and O–H groups in total. The lowest BCUT2D eigenvalue weighted by molar-refractivity contribution is 0.668. The Morgan fingerprint density at radius 3 is 0.897 bits per heavy atom. The molecule has 0 aliphatic heterocycles. The summed E-state index contributed by atoms with van der Waals surface area (Å²) in [5.74, 6) is 0. The zero-order chi connectivity index (χ0) is 37.9. The molecule has 0 fully saturated rings. The first-order valence-corrected chi connectivity index (χ1v) is 19.3. The Kier molecular flexibility index (Phi) is 6.35. The number of aromatic nitrogens is 2. The summed E-state index contributed by atoms with van der Waals surface area (Å²) < 4.78 is 24.7. The van der Waals surface area contributed by atoms with Gasteiger partial charge in [-0.05, 0) is 148 Å². The molecule has 7 aromatic carbocycles. The lowest BCUT2D eigenvalue weighted by atomic mass is 9.96. The summed E-state index contributed by atoms with van der Waals surface area (Å²) >= 11 is 0. The molecule has 13 aromatic rings. The SMILES string of the molecule is c1cc(-c2ccc3oc4ccc(-c5ccc6oc7cccnc7c6c5)cc4c3c2)cc(-c2ccc3oc4ccc(-c5ccc6oc7cccnc7c6c5)cc4c3c2)c1. The van der Waals surface area contributed by atoms with Gasteiger partial charge in [0.05, 0.1) is 0 Å². The number of fused-ring (bicyclic) bond motifs is 12. The van der Waals surface area contributed by atoms with E-state index in [9.17, 15) is 0 Å². The molecule has 13 rings (SSSR count). The fraction of sp³-hybridized carbons (Fsp3) is 0. The van der Waals surface area contributed by atoms with Gasteiger partial charge in [-0.3, -0.25) is 9.97 Å². The van der Waals surface area contributed by atoms with Gasteiger partial charge in [-0.25, -0.2) is 0 Å². The van der Waals surface area contributed by atoms with Gasteiger partial charge in [0.1, 0.15) is 44.5 Å². The van der Waals surface area contributed by atoms with Crippen molar-refractivity contribution < 1.29 is 17.7 Å². The average molecular weight is 745 g/mol. The minimum absolute atomic E-state index is 0.791. The molecule has 0 saturated heterocycles. The molecule has 0 amide bonds. The number of rotatable bonds is 4. The average Bonchev–Trinajstić information content (AvgIpc) is 4.05. The van der Waals surface area contributed by atoms with Gasteiger partial charge in [0, 0.05) is 44.7 Å². The van der Waals surface area contributed by atoms with E-state index in [-0.39, 0.29) is 0 Å². The first-order valence-electron chi connectivity index (χ1n) is 19.3. The second-order valence-electron chi connectivity index (χ2n) is 15.0. The first kappa shape index (κ1) is 31.3. The molecule has 0 radical (unpaired) electrons. The fourth-order valence-electron chi connectivity index (χ4n) is 8.71.